The highest BCUT2D eigenvalue weighted by Gasteiger charge is 2.54. The number of hydrogen-bond donors (Lipinski definition) is 1. The van der Waals surface area contributed by atoms with Gasteiger partial charge in [-0.05, 0) is 32.6 Å². The Morgan fingerprint density at radius 2 is 2.26 bits per heavy atom. The van der Waals surface area contributed by atoms with Gasteiger partial charge >= 0.3 is 0 Å². The average Bonchev–Trinajstić information content (AvgIpc) is 3.12. The van der Waals surface area contributed by atoms with E-state index in [9.17, 15) is 9.59 Å². The molecule has 1 N–H and O–H groups in total. The molecule has 1 aromatic rings. The molecule has 1 saturated carbocycles. The third-order valence-electron chi connectivity index (χ3n) is 4.15. The van der Waals surface area contributed by atoms with E-state index in [1.54, 1.807) is 17.9 Å². The van der Waals surface area contributed by atoms with Gasteiger partial charge in [-0.25, -0.2) is 0 Å². The molecule has 0 radical (unpaired) electrons. The number of hydrogen-bond acceptors (Lipinski definition) is 4. The lowest BCUT2D eigenvalue weighted by atomic mass is 9.89. The van der Waals surface area contributed by atoms with Crippen LogP contribution in [0.5, 0.6) is 0 Å². The second kappa shape index (κ2) is 4.08. The Morgan fingerprint density at radius 3 is 2.84 bits per heavy atom. The fourth-order valence-corrected chi connectivity index (χ4v) is 2.67. The largest absolute Gasteiger partial charge is 0.360 e. The smallest absolute Gasteiger partial charge is 0.249 e. The maximum atomic E-state index is 12.7. The molecule has 1 aliphatic carbocycles. The minimum atomic E-state index is -0.760. The minimum absolute atomic E-state index is 0.0292. The lowest BCUT2D eigenvalue weighted by Gasteiger charge is -2.43. The monoisotopic (exact) mass is 263 g/mol. The maximum absolute atomic E-state index is 12.7. The van der Waals surface area contributed by atoms with E-state index in [1.165, 1.54) is 6.20 Å². The summed E-state index contributed by atoms with van der Waals surface area (Å²) in [4.78, 5) is 26.3. The Balaban J connectivity index is 1.87. The molecule has 2 atom stereocenters. The predicted molar refractivity (Wildman–Crippen MR) is 65.8 cm³/mol. The van der Waals surface area contributed by atoms with Gasteiger partial charge in [-0.2, -0.15) is 0 Å². The number of rotatable bonds is 3. The summed E-state index contributed by atoms with van der Waals surface area (Å²) < 4.78 is 5.04. The Morgan fingerprint density at radius 1 is 1.53 bits per heavy atom. The van der Waals surface area contributed by atoms with Crippen molar-refractivity contribution in [2.24, 2.45) is 5.92 Å². The van der Waals surface area contributed by atoms with Crippen molar-refractivity contribution in [3.8, 4) is 0 Å². The van der Waals surface area contributed by atoms with E-state index in [4.69, 9.17) is 4.52 Å². The second-order valence-corrected chi connectivity index (χ2v) is 5.55. The number of aromatic nitrogens is 1. The van der Waals surface area contributed by atoms with Crippen LogP contribution in [0.2, 0.25) is 0 Å². The van der Waals surface area contributed by atoms with Gasteiger partial charge < -0.3 is 14.7 Å². The first kappa shape index (κ1) is 12.2. The van der Waals surface area contributed by atoms with E-state index in [1.807, 2.05) is 6.92 Å². The van der Waals surface area contributed by atoms with Crippen LogP contribution in [-0.2, 0) is 16.1 Å². The predicted octanol–water partition coefficient (Wildman–Crippen LogP) is 0.690. The van der Waals surface area contributed by atoms with Crippen LogP contribution in [0.4, 0.5) is 0 Å². The van der Waals surface area contributed by atoms with Gasteiger partial charge in [0, 0.05) is 6.07 Å². The molecule has 0 bridgehead atoms. The zero-order valence-electron chi connectivity index (χ0n) is 11.0. The zero-order valence-corrected chi connectivity index (χ0v) is 11.0. The highest BCUT2D eigenvalue weighted by Crippen LogP contribution is 2.42. The lowest BCUT2D eigenvalue weighted by Crippen LogP contribution is -2.69. The summed E-state index contributed by atoms with van der Waals surface area (Å²) in [5, 5.41) is 6.51. The first-order valence-electron chi connectivity index (χ1n) is 6.55. The summed E-state index contributed by atoms with van der Waals surface area (Å²) in [5.41, 5.74) is -0.760. The maximum Gasteiger partial charge on any atom is 0.249 e. The van der Waals surface area contributed by atoms with Gasteiger partial charge in [0.2, 0.25) is 11.8 Å². The molecule has 3 rings (SSSR count). The van der Waals surface area contributed by atoms with Gasteiger partial charge in [0.25, 0.3) is 0 Å². The molecule has 1 aliphatic heterocycles. The Labute approximate surface area is 111 Å². The third kappa shape index (κ3) is 1.91. The SMILES string of the molecule is CC1C(=O)NC(C)(C2CC2)C(=O)N1Cc1ccno1. The van der Waals surface area contributed by atoms with E-state index in [0.717, 1.165) is 12.8 Å². The van der Waals surface area contributed by atoms with E-state index in [-0.39, 0.29) is 24.3 Å². The number of piperazine rings is 1. The highest BCUT2D eigenvalue weighted by atomic mass is 16.5. The second-order valence-electron chi connectivity index (χ2n) is 5.55. The summed E-state index contributed by atoms with van der Waals surface area (Å²) in [7, 11) is 0. The van der Waals surface area contributed by atoms with Crippen molar-refractivity contribution < 1.29 is 14.1 Å². The Bertz CT molecular complexity index is 509. The molecule has 0 spiro atoms. The van der Waals surface area contributed by atoms with Gasteiger partial charge in [0.1, 0.15) is 11.6 Å². The molecule has 2 amide bonds. The van der Waals surface area contributed by atoms with Crippen LogP contribution in [-0.4, -0.2) is 33.5 Å². The summed E-state index contributed by atoms with van der Waals surface area (Å²) in [6, 6.07) is 1.23. The van der Waals surface area contributed by atoms with Crippen molar-refractivity contribution in [3.63, 3.8) is 0 Å². The Hall–Kier alpha value is -1.85. The molecular weight excluding hydrogens is 246 g/mol. The molecule has 6 nitrogen and oxygen atoms in total. The number of nitrogens with zero attached hydrogens (tertiary/aromatic N) is 2. The highest BCUT2D eigenvalue weighted by molar-refractivity contribution is 5.99. The van der Waals surface area contributed by atoms with Crippen molar-refractivity contribution in [1.29, 1.82) is 0 Å². The third-order valence-corrected chi connectivity index (χ3v) is 4.15. The van der Waals surface area contributed by atoms with Crippen LogP contribution >= 0.6 is 0 Å². The van der Waals surface area contributed by atoms with E-state index in [2.05, 4.69) is 10.5 Å². The van der Waals surface area contributed by atoms with E-state index >= 15 is 0 Å². The molecule has 2 unspecified atom stereocenters. The van der Waals surface area contributed by atoms with Crippen molar-refractivity contribution in [2.45, 2.75) is 44.8 Å². The number of carbonyl (C=O) groups is 2. The molecule has 1 aromatic heterocycles. The van der Waals surface area contributed by atoms with Gasteiger partial charge in [0.05, 0.1) is 12.7 Å². The first-order valence-corrected chi connectivity index (χ1v) is 6.55. The summed E-state index contributed by atoms with van der Waals surface area (Å²) in [6.07, 6.45) is 3.52. The van der Waals surface area contributed by atoms with Gasteiger partial charge in [-0.15, -0.1) is 0 Å². The van der Waals surface area contributed by atoms with Crippen LogP contribution < -0.4 is 5.32 Å². The summed E-state index contributed by atoms with van der Waals surface area (Å²) in [5.74, 6) is 0.716. The number of nitrogens with one attached hydrogen (secondary N) is 1. The van der Waals surface area contributed by atoms with E-state index in [0.29, 0.717) is 5.76 Å². The van der Waals surface area contributed by atoms with Crippen LogP contribution in [0.25, 0.3) is 0 Å². The first-order chi connectivity index (χ1) is 9.02. The molecule has 102 valence electrons. The minimum Gasteiger partial charge on any atom is -0.360 e. The van der Waals surface area contributed by atoms with Crippen LogP contribution in [0.3, 0.4) is 0 Å². The van der Waals surface area contributed by atoms with Crippen LogP contribution in [0.1, 0.15) is 32.4 Å². The quantitative estimate of drug-likeness (QED) is 0.870. The number of amides is 2. The molecule has 6 heteroatoms. The molecule has 19 heavy (non-hydrogen) atoms. The molecule has 2 aliphatic rings. The fourth-order valence-electron chi connectivity index (χ4n) is 2.67. The van der Waals surface area contributed by atoms with Crippen molar-refractivity contribution in [1.82, 2.24) is 15.4 Å². The number of carbonyl (C=O) groups excluding carboxylic acids is 2. The molecule has 2 fully saturated rings. The Kier molecular flexibility index (Phi) is 2.62. The van der Waals surface area contributed by atoms with Gasteiger partial charge in [-0.3, -0.25) is 9.59 Å². The van der Waals surface area contributed by atoms with Crippen LogP contribution in [0, 0.1) is 5.92 Å². The topological polar surface area (TPSA) is 75.4 Å². The molecule has 2 heterocycles. The van der Waals surface area contributed by atoms with Crippen LogP contribution in [0.15, 0.2) is 16.8 Å². The standard InChI is InChI=1S/C13H17N3O3/c1-8-11(17)15-13(2,9-3-4-9)12(18)16(8)7-10-5-6-14-19-10/h5-6,8-9H,3-4,7H2,1-2H3,(H,15,17). The average molecular weight is 263 g/mol. The molecule has 1 saturated heterocycles. The van der Waals surface area contributed by atoms with Crippen molar-refractivity contribution in [2.75, 3.05) is 0 Å². The lowest BCUT2D eigenvalue weighted by molar-refractivity contribution is -0.155. The normalized spacial score (nSPS) is 31.5. The van der Waals surface area contributed by atoms with E-state index < -0.39 is 11.6 Å². The zero-order chi connectivity index (χ0) is 13.6. The summed E-state index contributed by atoms with van der Waals surface area (Å²) in [6.45, 7) is 3.84. The molecule has 0 aromatic carbocycles. The van der Waals surface area contributed by atoms with Crippen molar-refractivity contribution >= 4 is 11.8 Å². The fraction of sp³-hybridized carbons (Fsp3) is 0.615. The van der Waals surface area contributed by atoms with Gasteiger partial charge in [-0.1, -0.05) is 5.16 Å². The van der Waals surface area contributed by atoms with Gasteiger partial charge in [0.15, 0.2) is 5.76 Å². The summed E-state index contributed by atoms with van der Waals surface area (Å²) >= 11 is 0. The van der Waals surface area contributed by atoms with Crippen molar-refractivity contribution in [3.05, 3.63) is 18.0 Å². The molecular formula is C13H17N3O3.